The van der Waals surface area contributed by atoms with Gasteiger partial charge < -0.3 is 10.1 Å². The minimum Gasteiger partial charge on any atom is -0.462 e. The molecule has 0 aliphatic rings. The van der Waals surface area contributed by atoms with Crippen molar-refractivity contribution in [3.8, 4) is 0 Å². The predicted molar refractivity (Wildman–Crippen MR) is 105 cm³/mol. The third-order valence-corrected chi connectivity index (χ3v) is 3.88. The van der Waals surface area contributed by atoms with E-state index in [1.54, 1.807) is 42.5 Å². The van der Waals surface area contributed by atoms with Gasteiger partial charge in [0.2, 0.25) is 5.91 Å². The molecule has 2 rings (SSSR count). The number of hydrogen-bond donors (Lipinski definition) is 1. The molecule has 0 aliphatic carbocycles. The molecule has 0 saturated carbocycles. The largest absolute Gasteiger partial charge is 0.462 e. The predicted octanol–water partition coefficient (Wildman–Crippen LogP) is 5.34. The van der Waals surface area contributed by atoms with Crippen LogP contribution >= 0.6 is 11.6 Å². The Morgan fingerprint density at radius 3 is 2.58 bits per heavy atom. The molecule has 1 N–H and O–H groups in total. The van der Waals surface area contributed by atoms with E-state index < -0.39 is 0 Å². The Morgan fingerprint density at radius 1 is 1.12 bits per heavy atom. The van der Waals surface area contributed by atoms with Crippen LogP contribution < -0.4 is 5.32 Å². The highest BCUT2D eigenvalue weighted by atomic mass is 35.5. The van der Waals surface area contributed by atoms with Crippen LogP contribution in [0.1, 0.15) is 42.1 Å². The average Bonchev–Trinajstić information content (AvgIpc) is 2.64. The summed E-state index contributed by atoms with van der Waals surface area (Å²) < 4.78 is 5.20. The van der Waals surface area contributed by atoms with Crippen molar-refractivity contribution in [2.45, 2.75) is 26.2 Å². The Kier molecular flexibility index (Phi) is 7.90. The molecule has 2 aromatic rings. The molecule has 0 aliphatic heterocycles. The van der Waals surface area contributed by atoms with E-state index in [9.17, 15) is 9.59 Å². The van der Waals surface area contributed by atoms with E-state index >= 15 is 0 Å². The average molecular weight is 372 g/mol. The number of ether oxygens (including phenoxy) is 1. The third kappa shape index (κ3) is 6.73. The quantitative estimate of drug-likeness (QED) is 0.387. The molecule has 0 spiro atoms. The second-order valence-electron chi connectivity index (χ2n) is 5.80. The van der Waals surface area contributed by atoms with Gasteiger partial charge in [-0.2, -0.15) is 0 Å². The lowest BCUT2D eigenvalue weighted by atomic mass is 10.2. The second kappa shape index (κ2) is 10.4. The number of carbonyl (C=O) groups is 2. The van der Waals surface area contributed by atoms with Gasteiger partial charge in [-0.05, 0) is 54.5 Å². The van der Waals surface area contributed by atoms with Gasteiger partial charge in [0.05, 0.1) is 12.2 Å². The molecule has 0 fully saturated rings. The van der Waals surface area contributed by atoms with Crippen molar-refractivity contribution in [1.82, 2.24) is 0 Å². The summed E-state index contributed by atoms with van der Waals surface area (Å²) in [5, 5.41) is 3.36. The Labute approximate surface area is 158 Å². The summed E-state index contributed by atoms with van der Waals surface area (Å²) in [5.41, 5.74) is 1.91. The fourth-order valence-corrected chi connectivity index (χ4v) is 2.45. The first-order chi connectivity index (χ1) is 12.6. The zero-order valence-electron chi connectivity index (χ0n) is 14.7. The molecule has 5 heteroatoms. The monoisotopic (exact) mass is 371 g/mol. The number of anilines is 1. The molecule has 0 radical (unpaired) electrons. The number of nitrogens with one attached hydrogen (secondary N) is 1. The number of esters is 1. The van der Waals surface area contributed by atoms with Gasteiger partial charge in [0.15, 0.2) is 0 Å². The lowest BCUT2D eigenvalue weighted by Crippen LogP contribution is -2.09. The summed E-state index contributed by atoms with van der Waals surface area (Å²) in [4.78, 5) is 23.9. The van der Waals surface area contributed by atoms with Gasteiger partial charge in [-0.15, -0.1) is 0 Å². The van der Waals surface area contributed by atoms with Crippen LogP contribution in [0, 0.1) is 0 Å². The van der Waals surface area contributed by atoms with E-state index in [0.29, 0.717) is 22.9 Å². The minimum absolute atomic E-state index is 0.264. The molecule has 136 valence electrons. The lowest BCUT2D eigenvalue weighted by molar-refractivity contribution is -0.111. The zero-order chi connectivity index (χ0) is 18.8. The van der Waals surface area contributed by atoms with Crippen molar-refractivity contribution in [3.05, 3.63) is 70.8 Å². The fraction of sp³-hybridized carbons (Fsp3) is 0.238. The van der Waals surface area contributed by atoms with Crippen molar-refractivity contribution in [1.29, 1.82) is 0 Å². The van der Waals surface area contributed by atoms with Gasteiger partial charge in [0, 0.05) is 16.8 Å². The number of hydrogen-bond acceptors (Lipinski definition) is 3. The van der Waals surface area contributed by atoms with Crippen molar-refractivity contribution in [2.24, 2.45) is 0 Å². The normalized spacial score (nSPS) is 10.7. The summed E-state index contributed by atoms with van der Waals surface area (Å²) in [6.45, 7) is 2.53. The van der Waals surface area contributed by atoms with Crippen molar-refractivity contribution >= 4 is 35.2 Å². The molecule has 0 bridgehead atoms. The van der Waals surface area contributed by atoms with Crippen LogP contribution in [-0.4, -0.2) is 18.5 Å². The van der Waals surface area contributed by atoms with Crippen LogP contribution in [0.3, 0.4) is 0 Å². The zero-order valence-corrected chi connectivity index (χ0v) is 15.5. The van der Waals surface area contributed by atoms with Gasteiger partial charge >= 0.3 is 5.97 Å². The molecular weight excluding hydrogens is 350 g/mol. The molecule has 0 unspecified atom stereocenters. The van der Waals surface area contributed by atoms with Crippen molar-refractivity contribution in [2.75, 3.05) is 11.9 Å². The van der Waals surface area contributed by atoms with E-state index in [1.807, 2.05) is 12.1 Å². The SMILES string of the molecule is CCCCCOC(=O)c1ccc(NC(=O)/C=C/c2cccc(Cl)c2)cc1. The molecule has 4 nitrogen and oxygen atoms in total. The highest BCUT2D eigenvalue weighted by Gasteiger charge is 2.07. The van der Waals surface area contributed by atoms with Crippen LogP contribution in [0.5, 0.6) is 0 Å². The summed E-state index contributed by atoms with van der Waals surface area (Å²) in [6, 6.07) is 13.8. The molecule has 0 atom stereocenters. The van der Waals surface area contributed by atoms with Crippen LogP contribution in [0.25, 0.3) is 6.08 Å². The number of benzene rings is 2. The topological polar surface area (TPSA) is 55.4 Å². The molecule has 1 amide bonds. The Hall–Kier alpha value is -2.59. The first-order valence-electron chi connectivity index (χ1n) is 8.60. The Morgan fingerprint density at radius 2 is 1.88 bits per heavy atom. The molecule has 0 saturated heterocycles. The van der Waals surface area contributed by atoms with Gasteiger partial charge in [0.1, 0.15) is 0 Å². The van der Waals surface area contributed by atoms with Crippen LogP contribution in [-0.2, 0) is 9.53 Å². The van der Waals surface area contributed by atoms with Gasteiger partial charge in [-0.1, -0.05) is 43.5 Å². The molecule has 0 heterocycles. The number of carbonyl (C=O) groups excluding carboxylic acids is 2. The summed E-state index contributed by atoms with van der Waals surface area (Å²) in [5.74, 6) is -0.611. The maximum Gasteiger partial charge on any atom is 0.338 e. The van der Waals surface area contributed by atoms with E-state index in [0.717, 1.165) is 24.8 Å². The fourth-order valence-electron chi connectivity index (χ4n) is 2.26. The standard InChI is InChI=1S/C21H22ClNO3/c1-2-3-4-14-26-21(25)17-9-11-19(12-10-17)23-20(24)13-8-16-6-5-7-18(22)15-16/h5-13,15H,2-4,14H2,1H3,(H,23,24)/b13-8+. The minimum atomic E-state index is -0.347. The number of rotatable bonds is 8. The van der Waals surface area contributed by atoms with Crippen LogP contribution in [0.15, 0.2) is 54.6 Å². The Balaban J connectivity index is 1.86. The molecule has 0 aromatic heterocycles. The summed E-state index contributed by atoms with van der Waals surface area (Å²) in [7, 11) is 0. The first kappa shape index (κ1) is 19.7. The van der Waals surface area contributed by atoms with E-state index in [1.165, 1.54) is 6.08 Å². The van der Waals surface area contributed by atoms with Gasteiger partial charge in [0.25, 0.3) is 0 Å². The Bertz CT molecular complexity index is 769. The maximum atomic E-state index is 12.0. The van der Waals surface area contributed by atoms with Gasteiger partial charge in [-0.25, -0.2) is 4.79 Å². The lowest BCUT2D eigenvalue weighted by Gasteiger charge is -2.06. The molecule has 2 aromatic carbocycles. The van der Waals surface area contributed by atoms with Crippen LogP contribution in [0.4, 0.5) is 5.69 Å². The number of unbranched alkanes of at least 4 members (excludes halogenated alkanes) is 2. The third-order valence-electron chi connectivity index (χ3n) is 3.65. The molecular formula is C21H22ClNO3. The number of amides is 1. The van der Waals surface area contributed by atoms with Crippen molar-refractivity contribution < 1.29 is 14.3 Å². The highest BCUT2D eigenvalue weighted by Crippen LogP contribution is 2.13. The first-order valence-corrected chi connectivity index (χ1v) is 8.98. The van der Waals surface area contributed by atoms with Crippen LogP contribution in [0.2, 0.25) is 5.02 Å². The maximum absolute atomic E-state index is 12.0. The highest BCUT2D eigenvalue weighted by molar-refractivity contribution is 6.30. The molecule has 26 heavy (non-hydrogen) atoms. The van der Waals surface area contributed by atoms with Gasteiger partial charge in [-0.3, -0.25) is 4.79 Å². The van der Waals surface area contributed by atoms with Crippen molar-refractivity contribution in [3.63, 3.8) is 0 Å². The van der Waals surface area contributed by atoms with E-state index in [4.69, 9.17) is 16.3 Å². The smallest absolute Gasteiger partial charge is 0.338 e. The van der Waals surface area contributed by atoms with E-state index in [2.05, 4.69) is 12.2 Å². The number of halogens is 1. The summed E-state index contributed by atoms with van der Waals surface area (Å²) >= 11 is 5.91. The van der Waals surface area contributed by atoms with E-state index in [-0.39, 0.29) is 11.9 Å². The second-order valence-corrected chi connectivity index (χ2v) is 6.23. The summed E-state index contributed by atoms with van der Waals surface area (Å²) in [6.07, 6.45) is 6.11.